The number of benzene rings is 4. The Bertz CT molecular complexity index is 1840. The van der Waals surface area contributed by atoms with Gasteiger partial charge in [0.05, 0.1) is 20.3 Å². The van der Waals surface area contributed by atoms with Crippen LogP contribution >= 0.6 is 0 Å². The largest absolute Gasteiger partial charge is 0.497 e. The first kappa shape index (κ1) is 28.8. The van der Waals surface area contributed by atoms with Gasteiger partial charge in [0.25, 0.3) is 0 Å². The van der Waals surface area contributed by atoms with Gasteiger partial charge in [-0.1, -0.05) is 92.7 Å². The summed E-state index contributed by atoms with van der Waals surface area (Å²) >= 11 is 0. The monoisotopic (exact) mass is 597 g/mol. The molecule has 226 valence electrons. The van der Waals surface area contributed by atoms with Crippen molar-refractivity contribution in [1.82, 2.24) is 0 Å². The Labute approximate surface area is 263 Å². The molecule has 1 spiro atoms. The van der Waals surface area contributed by atoms with Gasteiger partial charge in [-0.2, -0.15) is 0 Å². The van der Waals surface area contributed by atoms with Crippen molar-refractivity contribution in [2.24, 2.45) is 11.3 Å². The van der Waals surface area contributed by atoms with Gasteiger partial charge >= 0.3 is 0 Å². The topological polar surface area (TPSA) is 72.9 Å². The van der Waals surface area contributed by atoms with Crippen LogP contribution in [-0.2, 0) is 6.42 Å². The third-order valence-corrected chi connectivity index (χ3v) is 9.64. The first-order chi connectivity index (χ1) is 21.8. The van der Waals surface area contributed by atoms with Gasteiger partial charge in [0.2, 0.25) is 0 Å². The van der Waals surface area contributed by atoms with E-state index in [1.54, 1.807) is 50.6 Å². The van der Waals surface area contributed by atoms with Crippen LogP contribution in [0.3, 0.4) is 0 Å². The fourth-order valence-corrected chi connectivity index (χ4v) is 7.79. The van der Waals surface area contributed by atoms with Crippen LogP contribution in [0, 0.1) is 11.3 Å². The summed E-state index contributed by atoms with van der Waals surface area (Å²) in [4.78, 5) is 46.9. The van der Waals surface area contributed by atoms with Crippen LogP contribution in [0.4, 0.5) is 5.69 Å². The average molecular weight is 598 g/mol. The molecule has 6 nitrogen and oxygen atoms in total. The van der Waals surface area contributed by atoms with Crippen molar-refractivity contribution in [2.75, 3.05) is 19.1 Å². The van der Waals surface area contributed by atoms with Gasteiger partial charge in [-0.15, -0.1) is 0 Å². The number of Topliss-reactive ketones (excluding diaryl/α,β-unsaturated/α-hetero) is 3. The highest BCUT2D eigenvalue weighted by Crippen LogP contribution is 2.62. The SMILES string of the molecule is COc1ccc(OC)c(C2C(C(=O)c3ccc(CC(C)C)cc3)N3c4ccccc4C=CC3C23C(=O)c2ccccc2C3=O)c1. The Hall–Kier alpha value is -4.97. The lowest BCUT2D eigenvalue weighted by Gasteiger charge is -2.37. The molecule has 4 aromatic rings. The molecule has 0 saturated carbocycles. The number of nitrogens with zero attached hydrogens (tertiary/aromatic N) is 1. The molecule has 0 aromatic heterocycles. The van der Waals surface area contributed by atoms with Crippen LogP contribution in [-0.4, -0.2) is 43.7 Å². The first-order valence-corrected chi connectivity index (χ1v) is 15.4. The Morgan fingerprint density at radius 1 is 0.844 bits per heavy atom. The normalized spacial score (nSPS) is 20.7. The number of carbonyl (C=O) groups is 3. The van der Waals surface area contributed by atoms with E-state index in [2.05, 4.69) is 13.8 Å². The van der Waals surface area contributed by atoms with E-state index in [1.807, 2.05) is 71.6 Å². The number of hydrogen-bond donors (Lipinski definition) is 0. The van der Waals surface area contributed by atoms with E-state index < -0.39 is 23.4 Å². The summed E-state index contributed by atoms with van der Waals surface area (Å²) in [5.41, 5.74) is 3.13. The number of hydrogen-bond acceptors (Lipinski definition) is 6. The molecule has 45 heavy (non-hydrogen) atoms. The van der Waals surface area contributed by atoms with Crippen LogP contribution in [0.25, 0.3) is 6.08 Å². The molecular formula is C39H35NO5. The minimum absolute atomic E-state index is 0.162. The number of ether oxygens (including phenoxy) is 2. The zero-order valence-electron chi connectivity index (χ0n) is 25.8. The fraction of sp³-hybridized carbons (Fsp3) is 0.256. The van der Waals surface area contributed by atoms with Gasteiger partial charge in [-0.05, 0) is 47.7 Å². The van der Waals surface area contributed by atoms with Crippen molar-refractivity contribution >= 4 is 29.1 Å². The van der Waals surface area contributed by atoms with Crippen molar-refractivity contribution in [3.05, 3.63) is 130 Å². The molecule has 4 aromatic carbocycles. The molecule has 0 bridgehead atoms. The second kappa shape index (κ2) is 10.9. The Morgan fingerprint density at radius 3 is 2.16 bits per heavy atom. The predicted molar refractivity (Wildman–Crippen MR) is 175 cm³/mol. The van der Waals surface area contributed by atoms with Crippen molar-refractivity contribution in [2.45, 2.75) is 38.3 Å². The van der Waals surface area contributed by atoms with Crippen molar-refractivity contribution in [3.63, 3.8) is 0 Å². The summed E-state index contributed by atoms with van der Waals surface area (Å²) in [6.07, 6.45) is 4.80. The predicted octanol–water partition coefficient (Wildman–Crippen LogP) is 7.22. The molecule has 2 aliphatic heterocycles. The number of anilines is 1. The van der Waals surface area contributed by atoms with Crippen LogP contribution in [0.15, 0.2) is 97.1 Å². The van der Waals surface area contributed by atoms with E-state index in [1.165, 1.54) is 0 Å². The smallest absolute Gasteiger partial charge is 0.185 e. The van der Waals surface area contributed by atoms with E-state index in [0.717, 1.165) is 23.2 Å². The van der Waals surface area contributed by atoms with Crippen LogP contribution in [0.2, 0.25) is 0 Å². The Balaban J connectivity index is 1.52. The van der Waals surface area contributed by atoms with Gasteiger partial charge in [-0.3, -0.25) is 14.4 Å². The summed E-state index contributed by atoms with van der Waals surface area (Å²) in [6, 6.07) is 26.3. The zero-order valence-corrected chi connectivity index (χ0v) is 25.8. The van der Waals surface area contributed by atoms with E-state index in [-0.39, 0.29) is 17.3 Å². The lowest BCUT2D eigenvalue weighted by atomic mass is 9.64. The summed E-state index contributed by atoms with van der Waals surface area (Å²) in [6.45, 7) is 4.33. The van der Waals surface area contributed by atoms with Gasteiger partial charge in [0.1, 0.15) is 23.0 Å². The fourth-order valence-electron chi connectivity index (χ4n) is 7.79. The van der Waals surface area contributed by atoms with Crippen LogP contribution in [0.1, 0.15) is 67.5 Å². The Morgan fingerprint density at radius 2 is 1.51 bits per heavy atom. The van der Waals surface area contributed by atoms with E-state index in [4.69, 9.17) is 9.47 Å². The molecule has 3 unspecified atom stereocenters. The highest BCUT2D eigenvalue weighted by molar-refractivity contribution is 6.32. The molecule has 1 saturated heterocycles. The molecule has 3 atom stereocenters. The third kappa shape index (κ3) is 4.19. The molecule has 3 aliphatic rings. The number of fused-ring (bicyclic) bond motifs is 5. The number of methoxy groups -OCH3 is 2. The molecule has 7 rings (SSSR count). The number of ketones is 3. The number of rotatable bonds is 7. The van der Waals surface area contributed by atoms with Gasteiger partial charge in [-0.25, -0.2) is 0 Å². The highest BCUT2D eigenvalue weighted by atomic mass is 16.5. The maximum absolute atomic E-state index is 15.0. The van der Waals surface area contributed by atoms with E-state index in [9.17, 15) is 9.59 Å². The van der Waals surface area contributed by atoms with Gasteiger partial charge < -0.3 is 14.4 Å². The molecule has 2 heterocycles. The molecule has 1 fully saturated rings. The van der Waals surface area contributed by atoms with Crippen molar-refractivity contribution in [3.8, 4) is 11.5 Å². The second-order valence-electron chi connectivity index (χ2n) is 12.5. The molecule has 0 N–H and O–H groups in total. The summed E-state index contributed by atoms with van der Waals surface area (Å²) < 4.78 is 11.5. The van der Waals surface area contributed by atoms with Crippen LogP contribution < -0.4 is 14.4 Å². The van der Waals surface area contributed by atoms with E-state index in [0.29, 0.717) is 39.7 Å². The lowest BCUT2D eigenvalue weighted by Crippen LogP contribution is -2.48. The molecule has 0 amide bonds. The molecular weight excluding hydrogens is 562 g/mol. The summed E-state index contributed by atoms with van der Waals surface area (Å²) in [7, 11) is 3.13. The molecule has 0 radical (unpaired) electrons. The lowest BCUT2D eigenvalue weighted by molar-refractivity contribution is 0.0664. The second-order valence-corrected chi connectivity index (χ2v) is 12.5. The molecule has 6 heteroatoms. The first-order valence-electron chi connectivity index (χ1n) is 15.4. The quantitative estimate of drug-likeness (QED) is 0.166. The standard InChI is InChI=1S/C39H35NO5/c1-23(2)21-24-13-15-26(16-14-24)36(41)35-34(30-22-27(44-3)18-19-32(30)45-4)39(37(42)28-10-6-7-11-29(28)38(39)43)33-20-17-25-9-5-8-12-31(25)40(33)35/h5-20,22-23,33-35H,21H2,1-4H3. The zero-order chi connectivity index (χ0) is 31.5. The minimum Gasteiger partial charge on any atom is -0.497 e. The number of carbonyl (C=O) groups excluding carboxylic acids is 3. The van der Waals surface area contributed by atoms with Gasteiger partial charge in [0.15, 0.2) is 17.3 Å². The Kier molecular flexibility index (Phi) is 6.96. The maximum atomic E-state index is 15.0. The van der Waals surface area contributed by atoms with Crippen molar-refractivity contribution < 1.29 is 23.9 Å². The van der Waals surface area contributed by atoms with E-state index >= 15 is 4.79 Å². The van der Waals surface area contributed by atoms with Gasteiger partial charge in [0, 0.05) is 33.9 Å². The average Bonchev–Trinajstić information content (AvgIpc) is 3.50. The maximum Gasteiger partial charge on any atom is 0.185 e. The van der Waals surface area contributed by atoms with Crippen molar-refractivity contribution in [1.29, 1.82) is 0 Å². The third-order valence-electron chi connectivity index (χ3n) is 9.64. The highest BCUT2D eigenvalue weighted by Gasteiger charge is 2.72. The summed E-state index contributed by atoms with van der Waals surface area (Å²) in [5, 5.41) is 0. The summed E-state index contributed by atoms with van der Waals surface area (Å²) in [5.74, 6) is -0.104. The van der Waals surface area contributed by atoms with Crippen LogP contribution in [0.5, 0.6) is 11.5 Å². The number of para-hydroxylation sites is 1. The molecule has 1 aliphatic carbocycles. The minimum atomic E-state index is -1.62.